The zero-order chi connectivity index (χ0) is 36.2. The Morgan fingerprint density at radius 3 is 1.89 bits per heavy atom. The summed E-state index contributed by atoms with van der Waals surface area (Å²) in [5.74, 6) is 0.660. The Bertz CT molecular complexity index is 3190. The Labute approximate surface area is 317 Å². The van der Waals surface area contributed by atoms with E-state index >= 15 is 0 Å². The lowest BCUT2D eigenvalue weighted by Gasteiger charge is -2.14. The summed E-state index contributed by atoms with van der Waals surface area (Å²) in [7, 11) is 0. The number of rotatable bonds is 4. The monoisotopic (exact) mass is 709 g/mol. The molecule has 0 spiro atoms. The van der Waals surface area contributed by atoms with Gasteiger partial charge in [-0.25, -0.2) is 9.97 Å². The van der Waals surface area contributed by atoms with Gasteiger partial charge in [0.25, 0.3) is 0 Å². The molecule has 256 valence electrons. The van der Waals surface area contributed by atoms with Gasteiger partial charge in [-0.15, -0.1) is 11.3 Å². The van der Waals surface area contributed by atoms with Crippen molar-refractivity contribution in [3.8, 4) is 39.5 Å². The molecule has 0 N–H and O–H groups in total. The van der Waals surface area contributed by atoms with Crippen LogP contribution in [0.25, 0.3) is 103 Å². The first-order valence-corrected chi connectivity index (χ1v) is 19.4. The molecular weight excluding hydrogens is 675 g/mol. The first kappa shape index (κ1) is 32.1. The van der Waals surface area contributed by atoms with Gasteiger partial charge in [0.2, 0.25) is 5.95 Å². The lowest BCUT2D eigenvalue weighted by molar-refractivity contribution is 1.02. The number of nitrogens with zero attached hydrogens (tertiary/aromatic N) is 3. The molecule has 8 aromatic carbocycles. The fourth-order valence-electron chi connectivity index (χ4n) is 8.07. The molecule has 0 saturated heterocycles. The third-order valence-corrected chi connectivity index (χ3v) is 11.6. The van der Waals surface area contributed by atoms with Crippen molar-refractivity contribution in [2.45, 2.75) is 13.8 Å². The number of thiophene rings is 1. The first-order valence-electron chi connectivity index (χ1n) is 18.6. The van der Waals surface area contributed by atoms with E-state index in [1.54, 1.807) is 0 Å². The van der Waals surface area contributed by atoms with Crippen LogP contribution in [0.15, 0.2) is 176 Å². The summed E-state index contributed by atoms with van der Waals surface area (Å²) in [5.41, 5.74) is 9.86. The van der Waals surface area contributed by atoms with Crippen LogP contribution in [0.4, 0.5) is 0 Å². The third kappa shape index (κ3) is 5.02. The predicted octanol–water partition coefficient (Wildman–Crippen LogP) is 14.3. The fourth-order valence-corrected chi connectivity index (χ4v) is 9.31. The average molecular weight is 710 g/mol. The first-order chi connectivity index (χ1) is 26.8. The average Bonchev–Trinajstić information content (AvgIpc) is 3.81. The van der Waals surface area contributed by atoms with Crippen LogP contribution >= 0.6 is 11.3 Å². The second kappa shape index (κ2) is 13.1. The normalized spacial score (nSPS) is 11.5. The second-order valence-electron chi connectivity index (χ2n) is 13.3. The lowest BCUT2D eigenvalue weighted by Crippen LogP contribution is -2.04. The van der Waals surface area contributed by atoms with Crippen molar-refractivity contribution < 1.29 is 0 Å². The van der Waals surface area contributed by atoms with Crippen LogP contribution < -0.4 is 0 Å². The largest absolute Gasteiger partial charge is 0.277 e. The van der Waals surface area contributed by atoms with E-state index in [-0.39, 0.29) is 0 Å². The minimum atomic E-state index is 0.660. The molecule has 0 fully saturated rings. The molecule has 11 aromatic rings. The highest BCUT2D eigenvalue weighted by Crippen LogP contribution is 2.44. The number of para-hydroxylation sites is 2. The number of hydrogen-bond acceptors (Lipinski definition) is 3. The molecule has 0 amide bonds. The van der Waals surface area contributed by atoms with Gasteiger partial charge in [0.05, 0.1) is 22.2 Å². The van der Waals surface area contributed by atoms with Gasteiger partial charge in [-0.1, -0.05) is 172 Å². The van der Waals surface area contributed by atoms with Gasteiger partial charge >= 0.3 is 0 Å². The van der Waals surface area contributed by atoms with Gasteiger partial charge in [0.15, 0.2) is 0 Å². The van der Waals surface area contributed by atoms with E-state index in [1.807, 2.05) is 25.2 Å². The van der Waals surface area contributed by atoms with Crippen molar-refractivity contribution in [2.75, 3.05) is 0 Å². The molecule has 11 rings (SSSR count). The Morgan fingerprint density at radius 2 is 1.04 bits per heavy atom. The predicted molar refractivity (Wildman–Crippen MR) is 232 cm³/mol. The van der Waals surface area contributed by atoms with Crippen molar-refractivity contribution in [1.82, 2.24) is 14.5 Å². The van der Waals surface area contributed by atoms with Crippen molar-refractivity contribution >= 4 is 75.0 Å². The van der Waals surface area contributed by atoms with Gasteiger partial charge in [-0.05, 0) is 40.3 Å². The molecule has 0 radical (unpaired) electrons. The van der Waals surface area contributed by atoms with Crippen molar-refractivity contribution in [2.24, 2.45) is 0 Å². The van der Waals surface area contributed by atoms with E-state index in [2.05, 4.69) is 180 Å². The maximum Gasteiger partial charge on any atom is 0.235 e. The van der Waals surface area contributed by atoms with E-state index in [0.29, 0.717) is 5.95 Å². The summed E-state index contributed by atoms with van der Waals surface area (Å²) in [6.45, 7) is 4.00. The molecule has 0 aliphatic heterocycles. The summed E-state index contributed by atoms with van der Waals surface area (Å²) >= 11 is 1.87. The molecule has 3 nitrogen and oxygen atoms in total. The maximum absolute atomic E-state index is 5.43. The van der Waals surface area contributed by atoms with Gasteiger partial charge in [-0.3, -0.25) is 4.57 Å². The Hall–Kier alpha value is -6.62. The number of hydrogen-bond donors (Lipinski definition) is 0. The smallest absolute Gasteiger partial charge is 0.235 e. The minimum absolute atomic E-state index is 0.660. The molecule has 3 aromatic heterocycles. The summed E-state index contributed by atoms with van der Waals surface area (Å²) in [6, 6.07) is 63.0. The van der Waals surface area contributed by atoms with Crippen LogP contribution in [0.5, 0.6) is 0 Å². The molecule has 0 atom stereocenters. The van der Waals surface area contributed by atoms with Crippen molar-refractivity contribution in [3.05, 3.63) is 176 Å². The van der Waals surface area contributed by atoms with Crippen LogP contribution in [0.3, 0.4) is 0 Å². The number of benzene rings is 8. The van der Waals surface area contributed by atoms with E-state index < -0.39 is 0 Å². The Kier molecular flexibility index (Phi) is 7.78. The standard InChI is InChI=1S/C48H29N3S.C2H6/c1-2-14-31(15-3-1)44-41-20-6-8-25-42(41)49-48(50-44)51-45-34-18-5-4-13-30(34)27-28-39(45)38-23-11-21-35(46(38)51)32-16-10-17-33(29-32)36-22-12-24-40-37-19-7-9-26-43(37)52-47(36)40;1-2/h1-29H;1-2H3. The molecule has 0 aliphatic carbocycles. The summed E-state index contributed by atoms with van der Waals surface area (Å²) in [4.78, 5) is 10.7. The minimum Gasteiger partial charge on any atom is -0.277 e. The molecular formula is C50H35N3S. The molecule has 4 heteroatoms. The van der Waals surface area contributed by atoms with Crippen LogP contribution in [0.1, 0.15) is 13.8 Å². The summed E-state index contributed by atoms with van der Waals surface area (Å²) < 4.78 is 4.95. The zero-order valence-electron chi connectivity index (χ0n) is 30.0. The lowest BCUT2D eigenvalue weighted by atomic mass is 9.96. The van der Waals surface area contributed by atoms with Crippen LogP contribution in [-0.2, 0) is 0 Å². The molecule has 0 unspecified atom stereocenters. The highest BCUT2D eigenvalue weighted by atomic mass is 32.1. The molecule has 3 heterocycles. The summed E-state index contributed by atoms with van der Waals surface area (Å²) in [5, 5.41) is 8.36. The number of fused-ring (bicyclic) bond motifs is 9. The van der Waals surface area contributed by atoms with Crippen LogP contribution in [-0.4, -0.2) is 14.5 Å². The Balaban J connectivity index is 0.00000178. The van der Waals surface area contributed by atoms with Crippen molar-refractivity contribution in [3.63, 3.8) is 0 Å². The maximum atomic E-state index is 5.43. The molecule has 0 bridgehead atoms. The fraction of sp³-hybridized carbons (Fsp3) is 0.0400. The quantitative estimate of drug-likeness (QED) is 0.182. The molecule has 54 heavy (non-hydrogen) atoms. The SMILES string of the molecule is CC.c1ccc(-c2nc(-n3c4c(-c5cccc(-c6cccc7c6sc6ccccc67)c5)cccc4c4ccc5ccccc5c43)nc3ccccc23)cc1. The van der Waals surface area contributed by atoms with E-state index in [1.165, 1.54) is 52.8 Å². The van der Waals surface area contributed by atoms with Crippen LogP contribution in [0, 0.1) is 0 Å². The highest BCUT2D eigenvalue weighted by molar-refractivity contribution is 7.26. The summed E-state index contributed by atoms with van der Waals surface area (Å²) in [6.07, 6.45) is 0. The van der Waals surface area contributed by atoms with Crippen LogP contribution in [0.2, 0.25) is 0 Å². The van der Waals surface area contributed by atoms with Gasteiger partial charge in [-0.2, -0.15) is 0 Å². The molecule has 0 saturated carbocycles. The van der Waals surface area contributed by atoms with Gasteiger partial charge < -0.3 is 0 Å². The topological polar surface area (TPSA) is 30.7 Å². The highest BCUT2D eigenvalue weighted by Gasteiger charge is 2.22. The Morgan fingerprint density at radius 1 is 0.426 bits per heavy atom. The van der Waals surface area contributed by atoms with Gasteiger partial charge in [0.1, 0.15) is 0 Å². The second-order valence-corrected chi connectivity index (χ2v) is 14.4. The van der Waals surface area contributed by atoms with E-state index in [0.717, 1.165) is 44.3 Å². The van der Waals surface area contributed by atoms with E-state index in [4.69, 9.17) is 9.97 Å². The van der Waals surface area contributed by atoms with Crippen molar-refractivity contribution in [1.29, 1.82) is 0 Å². The van der Waals surface area contributed by atoms with E-state index in [9.17, 15) is 0 Å². The molecule has 0 aliphatic rings. The number of aromatic nitrogens is 3. The van der Waals surface area contributed by atoms with Gasteiger partial charge in [0, 0.05) is 52.8 Å². The zero-order valence-corrected chi connectivity index (χ0v) is 30.8. The third-order valence-electron chi connectivity index (χ3n) is 10.4.